The van der Waals surface area contributed by atoms with Crippen LogP contribution in [0.25, 0.3) is 0 Å². The van der Waals surface area contributed by atoms with Crippen molar-refractivity contribution in [3.05, 3.63) is 68.6 Å². The predicted molar refractivity (Wildman–Crippen MR) is 102 cm³/mol. The van der Waals surface area contributed by atoms with E-state index in [0.29, 0.717) is 29.0 Å². The van der Waals surface area contributed by atoms with Crippen molar-refractivity contribution in [2.75, 3.05) is 7.11 Å². The Bertz CT molecular complexity index is 964. The topological polar surface area (TPSA) is 68.5 Å². The minimum Gasteiger partial charge on any atom is -0.466 e. The summed E-state index contributed by atoms with van der Waals surface area (Å²) >= 11 is 1.67. The number of allylic oxidation sites excluding steroid dienone is 3. The maximum absolute atomic E-state index is 13.2. The lowest BCUT2D eigenvalue weighted by atomic mass is 9.74. The molecule has 5 nitrogen and oxygen atoms in total. The van der Waals surface area contributed by atoms with Gasteiger partial charge in [-0.1, -0.05) is 6.07 Å². The van der Waals surface area contributed by atoms with E-state index in [0.717, 1.165) is 17.9 Å². The molecular formula is C21H21NO4S. The zero-order valence-electron chi connectivity index (χ0n) is 15.5. The highest BCUT2D eigenvalue weighted by atomic mass is 32.1. The molecule has 0 aromatic carbocycles. The second kappa shape index (κ2) is 6.85. The van der Waals surface area contributed by atoms with Crippen LogP contribution in [0.4, 0.5) is 0 Å². The van der Waals surface area contributed by atoms with Crippen molar-refractivity contribution in [3.8, 4) is 0 Å². The van der Waals surface area contributed by atoms with Gasteiger partial charge in [0.05, 0.1) is 18.6 Å². The standard InChI is InChI=1S/C21H21NO4S/c1-11-6-7-16(26-11)20-18(21(24)25-3)12(2)22-14-9-13(10-15(23)19(14)20)17-5-4-8-27-17/h4-8,13,20,22H,9-10H2,1-3H3/t13-,20+/m1/s1. The number of rotatable bonds is 3. The van der Waals surface area contributed by atoms with E-state index in [1.807, 2.05) is 37.4 Å². The fraction of sp³-hybridized carbons (Fsp3) is 0.333. The molecule has 2 aromatic heterocycles. The van der Waals surface area contributed by atoms with Crippen molar-refractivity contribution in [2.45, 2.75) is 38.5 Å². The number of nitrogens with one attached hydrogen (secondary N) is 1. The number of ether oxygens (including phenoxy) is 1. The summed E-state index contributed by atoms with van der Waals surface area (Å²) in [6.07, 6.45) is 1.17. The number of hydrogen-bond donors (Lipinski definition) is 1. The van der Waals surface area contributed by atoms with Gasteiger partial charge < -0.3 is 14.5 Å². The van der Waals surface area contributed by atoms with Crippen LogP contribution in [0, 0.1) is 6.92 Å². The summed E-state index contributed by atoms with van der Waals surface area (Å²) in [5.74, 6) is 0.583. The fourth-order valence-corrected chi connectivity index (χ4v) is 4.87. The van der Waals surface area contributed by atoms with Crippen LogP contribution < -0.4 is 5.32 Å². The first kappa shape index (κ1) is 17.8. The van der Waals surface area contributed by atoms with Gasteiger partial charge in [-0.15, -0.1) is 11.3 Å². The van der Waals surface area contributed by atoms with Gasteiger partial charge in [-0.25, -0.2) is 4.79 Å². The lowest BCUT2D eigenvalue weighted by Gasteiger charge is -2.35. The Kier molecular flexibility index (Phi) is 4.52. The van der Waals surface area contributed by atoms with Crippen molar-refractivity contribution >= 4 is 23.1 Å². The highest BCUT2D eigenvalue weighted by molar-refractivity contribution is 7.10. The average Bonchev–Trinajstić information content (AvgIpc) is 3.31. The number of Topliss-reactive ketones (excluding diaryl/α,β-unsaturated/α-hetero) is 1. The van der Waals surface area contributed by atoms with Crippen LogP contribution in [-0.2, 0) is 14.3 Å². The summed E-state index contributed by atoms with van der Waals surface area (Å²) in [4.78, 5) is 26.9. The number of hydrogen-bond acceptors (Lipinski definition) is 6. The van der Waals surface area contributed by atoms with E-state index in [2.05, 4.69) is 11.4 Å². The second-order valence-electron chi connectivity index (χ2n) is 6.97. The van der Waals surface area contributed by atoms with Crippen LogP contribution in [0.2, 0.25) is 0 Å². The van der Waals surface area contributed by atoms with E-state index in [1.165, 1.54) is 12.0 Å². The van der Waals surface area contributed by atoms with Gasteiger partial charge in [0.25, 0.3) is 0 Å². The van der Waals surface area contributed by atoms with Gasteiger partial charge in [0.2, 0.25) is 0 Å². The predicted octanol–water partition coefficient (Wildman–Crippen LogP) is 4.18. The number of carbonyl (C=O) groups is 2. The van der Waals surface area contributed by atoms with E-state index < -0.39 is 11.9 Å². The Morgan fingerprint density at radius 2 is 2.07 bits per heavy atom. The third-order valence-corrected chi connectivity index (χ3v) is 6.26. The second-order valence-corrected chi connectivity index (χ2v) is 7.95. The first-order valence-corrected chi connectivity index (χ1v) is 9.79. The zero-order valence-corrected chi connectivity index (χ0v) is 16.3. The highest BCUT2D eigenvalue weighted by Crippen LogP contribution is 2.46. The van der Waals surface area contributed by atoms with Crippen molar-refractivity contribution in [3.63, 3.8) is 0 Å². The molecule has 0 fully saturated rings. The summed E-state index contributed by atoms with van der Waals surface area (Å²) in [5.41, 5.74) is 2.66. The van der Waals surface area contributed by atoms with Crippen molar-refractivity contribution < 1.29 is 18.7 Å². The van der Waals surface area contributed by atoms with Crippen molar-refractivity contribution in [2.24, 2.45) is 0 Å². The molecule has 6 heteroatoms. The molecule has 0 amide bonds. The number of aryl methyl sites for hydroxylation is 1. The van der Waals surface area contributed by atoms with Gasteiger partial charge in [-0.05, 0) is 43.8 Å². The van der Waals surface area contributed by atoms with Crippen LogP contribution in [0.1, 0.15) is 48.0 Å². The molecule has 0 bridgehead atoms. The van der Waals surface area contributed by atoms with Crippen molar-refractivity contribution in [1.29, 1.82) is 0 Å². The van der Waals surface area contributed by atoms with E-state index in [4.69, 9.17) is 9.15 Å². The minimum atomic E-state index is -0.529. The maximum Gasteiger partial charge on any atom is 0.336 e. The number of furan rings is 1. The van der Waals surface area contributed by atoms with Gasteiger partial charge in [-0.2, -0.15) is 0 Å². The smallest absolute Gasteiger partial charge is 0.336 e. The van der Waals surface area contributed by atoms with Crippen molar-refractivity contribution in [1.82, 2.24) is 5.32 Å². The molecule has 0 saturated carbocycles. The quantitative estimate of drug-likeness (QED) is 0.805. The summed E-state index contributed by atoms with van der Waals surface area (Å²) < 4.78 is 10.8. The SMILES string of the molecule is COC(=O)C1=C(C)NC2=C(C(=O)C[C@H](c3cccs3)C2)[C@H]1c1ccc(C)o1. The normalized spacial score (nSPS) is 22.6. The summed E-state index contributed by atoms with van der Waals surface area (Å²) in [7, 11) is 1.35. The third kappa shape index (κ3) is 3.04. The molecule has 2 atom stereocenters. The first-order valence-electron chi connectivity index (χ1n) is 8.91. The van der Waals surface area contributed by atoms with Crippen LogP contribution >= 0.6 is 11.3 Å². The molecule has 1 aliphatic heterocycles. The van der Waals surface area contributed by atoms with E-state index in [9.17, 15) is 9.59 Å². The van der Waals surface area contributed by atoms with Gasteiger partial charge in [0.1, 0.15) is 11.5 Å². The lowest BCUT2D eigenvalue weighted by Crippen LogP contribution is -2.35. The largest absolute Gasteiger partial charge is 0.466 e. The lowest BCUT2D eigenvalue weighted by molar-refractivity contribution is -0.136. The number of esters is 1. The monoisotopic (exact) mass is 383 g/mol. The van der Waals surface area contributed by atoms with Gasteiger partial charge in [0.15, 0.2) is 5.78 Å². The van der Waals surface area contributed by atoms with E-state index in [1.54, 1.807) is 11.3 Å². The number of ketones is 1. The van der Waals surface area contributed by atoms with Crippen LogP contribution in [0.5, 0.6) is 0 Å². The van der Waals surface area contributed by atoms with Crippen LogP contribution in [0.15, 0.2) is 56.6 Å². The average molecular weight is 383 g/mol. The number of dihydropyridines is 1. The number of thiophene rings is 1. The molecule has 0 saturated heterocycles. The molecule has 140 valence electrons. The molecule has 2 aromatic rings. The zero-order chi connectivity index (χ0) is 19.1. The fourth-order valence-electron chi connectivity index (χ4n) is 4.04. The van der Waals surface area contributed by atoms with Crippen LogP contribution in [0.3, 0.4) is 0 Å². The van der Waals surface area contributed by atoms with Crippen LogP contribution in [-0.4, -0.2) is 18.9 Å². The summed E-state index contributed by atoms with van der Waals surface area (Å²) in [5, 5.41) is 5.35. The molecule has 0 spiro atoms. The Morgan fingerprint density at radius 1 is 1.26 bits per heavy atom. The number of methoxy groups -OCH3 is 1. The third-order valence-electron chi connectivity index (χ3n) is 5.22. The molecule has 2 aliphatic rings. The molecule has 3 heterocycles. The van der Waals surface area contributed by atoms with E-state index in [-0.39, 0.29) is 11.7 Å². The Balaban J connectivity index is 1.81. The van der Waals surface area contributed by atoms with E-state index >= 15 is 0 Å². The molecular weight excluding hydrogens is 362 g/mol. The van der Waals surface area contributed by atoms with Gasteiger partial charge >= 0.3 is 5.97 Å². The molecule has 1 aliphatic carbocycles. The summed E-state index contributed by atoms with van der Waals surface area (Å²) in [6, 6.07) is 7.78. The Hall–Kier alpha value is -2.60. The minimum absolute atomic E-state index is 0.0510. The molecule has 0 radical (unpaired) electrons. The number of carbonyl (C=O) groups excluding carboxylic acids is 2. The molecule has 1 N–H and O–H groups in total. The first-order chi connectivity index (χ1) is 13.0. The molecule has 27 heavy (non-hydrogen) atoms. The Labute approximate surface area is 161 Å². The van der Waals surface area contributed by atoms with Gasteiger partial charge in [-0.3, -0.25) is 4.79 Å². The summed E-state index contributed by atoms with van der Waals surface area (Å²) in [6.45, 7) is 3.70. The Morgan fingerprint density at radius 3 is 2.70 bits per heavy atom. The molecule has 0 unspecified atom stereocenters. The van der Waals surface area contributed by atoms with Gasteiger partial charge in [0, 0.05) is 34.2 Å². The molecule has 4 rings (SSSR count). The maximum atomic E-state index is 13.2. The highest BCUT2D eigenvalue weighted by Gasteiger charge is 2.42.